The summed E-state index contributed by atoms with van der Waals surface area (Å²) in [7, 11) is 1.92. The average molecular weight is 452 g/mol. The lowest BCUT2D eigenvalue weighted by Gasteiger charge is -2.12. The predicted molar refractivity (Wildman–Crippen MR) is 125 cm³/mol. The molecule has 4 rings (SSSR count). The van der Waals surface area contributed by atoms with Gasteiger partial charge in [0.1, 0.15) is 5.75 Å². The highest BCUT2D eigenvalue weighted by molar-refractivity contribution is 6.30. The molecule has 4 aromatic rings. The Kier molecular flexibility index (Phi) is 5.69. The summed E-state index contributed by atoms with van der Waals surface area (Å²) in [6.45, 7) is 6.36. The fourth-order valence-electron chi connectivity index (χ4n) is 3.61. The van der Waals surface area contributed by atoms with Gasteiger partial charge in [0.25, 0.3) is 0 Å². The monoisotopic (exact) mass is 451 g/mol. The Hall–Kier alpha value is -3.32. The molecule has 0 aliphatic carbocycles. The lowest BCUT2D eigenvalue weighted by molar-refractivity contribution is -0.120. The highest BCUT2D eigenvalue weighted by Gasteiger charge is 2.23. The summed E-state index contributed by atoms with van der Waals surface area (Å²) in [5.74, 6) is 1.35. The van der Waals surface area contributed by atoms with Crippen LogP contribution in [-0.2, 0) is 30.2 Å². The third kappa shape index (κ3) is 4.48. The quantitative estimate of drug-likeness (QED) is 0.474. The maximum Gasteiger partial charge on any atom is 0.224 e. The molecule has 0 unspecified atom stereocenters. The van der Waals surface area contributed by atoms with Crippen LogP contribution in [0.1, 0.15) is 38.0 Å². The minimum Gasteiger partial charge on any atom is -0.508 e. The van der Waals surface area contributed by atoms with Crippen LogP contribution in [0.4, 0.5) is 0 Å². The number of phenolic OH excluding ortho intramolecular Hbond substituents is 1. The fourth-order valence-corrected chi connectivity index (χ4v) is 3.79. The molecule has 0 atom stereocenters. The van der Waals surface area contributed by atoms with Gasteiger partial charge in [0.2, 0.25) is 5.91 Å². The van der Waals surface area contributed by atoms with Crippen LogP contribution in [0.3, 0.4) is 0 Å². The third-order valence-corrected chi connectivity index (χ3v) is 5.48. The largest absolute Gasteiger partial charge is 0.508 e. The van der Waals surface area contributed by atoms with E-state index in [0.717, 1.165) is 22.2 Å². The second-order valence-corrected chi connectivity index (χ2v) is 9.35. The second-order valence-electron chi connectivity index (χ2n) is 8.91. The average Bonchev–Trinajstić information content (AvgIpc) is 3.28. The second kappa shape index (κ2) is 8.31. The van der Waals surface area contributed by atoms with E-state index in [2.05, 4.69) is 15.4 Å². The van der Waals surface area contributed by atoms with Crippen molar-refractivity contribution in [1.29, 1.82) is 0 Å². The zero-order valence-corrected chi connectivity index (χ0v) is 19.3. The topological polar surface area (TPSA) is 85.0 Å². The molecule has 2 aromatic heterocycles. The van der Waals surface area contributed by atoms with Gasteiger partial charge >= 0.3 is 0 Å². The fraction of sp³-hybridized carbons (Fsp3) is 0.292. The zero-order chi connectivity index (χ0) is 23.0. The lowest BCUT2D eigenvalue weighted by atomic mass is 9.96. The van der Waals surface area contributed by atoms with Crippen LogP contribution in [0.15, 0.2) is 48.7 Å². The molecule has 0 bridgehead atoms. The van der Waals surface area contributed by atoms with Gasteiger partial charge in [0.05, 0.1) is 18.7 Å². The number of nitrogens with one attached hydrogen (secondary N) is 1. The van der Waals surface area contributed by atoms with E-state index in [9.17, 15) is 9.90 Å². The van der Waals surface area contributed by atoms with Gasteiger partial charge in [-0.2, -0.15) is 5.10 Å². The van der Waals surface area contributed by atoms with E-state index in [0.29, 0.717) is 16.7 Å². The Morgan fingerprint density at radius 1 is 1.19 bits per heavy atom. The van der Waals surface area contributed by atoms with E-state index in [1.54, 1.807) is 22.9 Å². The molecule has 0 spiro atoms. The van der Waals surface area contributed by atoms with Crippen molar-refractivity contribution in [3.05, 3.63) is 70.9 Å². The molecule has 0 saturated carbocycles. The number of aromatic nitrogens is 4. The van der Waals surface area contributed by atoms with Gasteiger partial charge in [0, 0.05) is 34.6 Å². The standard InChI is InChI=1S/C24H26ClN5O2/c1-24(2,3)23-27-21(30(28-23)17-7-5-6-16(25)11-17)13-26-22(32)10-15-14-29(4)20-9-8-18(31)12-19(15)20/h5-9,11-12,14,31H,10,13H2,1-4H3,(H,26,32). The maximum absolute atomic E-state index is 12.8. The number of benzene rings is 2. The van der Waals surface area contributed by atoms with Crippen LogP contribution in [0.5, 0.6) is 5.75 Å². The molecular formula is C24H26ClN5O2. The highest BCUT2D eigenvalue weighted by atomic mass is 35.5. The minimum atomic E-state index is -0.243. The minimum absolute atomic E-state index is 0.140. The highest BCUT2D eigenvalue weighted by Crippen LogP contribution is 2.25. The van der Waals surface area contributed by atoms with Crippen molar-refractivity contribution < 1.29 is 9.90 Å². The van der Waals surface area contributed by atoms with Gasteiger partial charge in [0.15, 0.2) is 11.6 Å². The molecule has 8 heteroatoms. The molecule has 0 aliphatic rings. The SMILES string of the molecule is Cn1cc(CC(=O)NCc2nc(C(C)(C)C)nn2-c2cccc(Cl)c2)c2cc(O)ccc21. The molecular weight excluding hydrogens is 426 g/mol. The summed E-state index contributed by atoms with van der Waals surface area (Å²) in [6.07, 6.45) is 2.11. The van der Waals surface area contributed by atoms with E-state index in [1.807, 2.05) is 62.8 Å². The first kappa shape index (κ1) is 21.9. The lowest BCUT2D eigenvalue weighted by Crippen LogP contribution is -2.26. The third-order valence-electron chi connectivity index (χ3n) is 5.25. The first-order valence-corrected chi connectivity index (χ1v) is 10.8. The van der Waals surface area contributed by atoms with Crippen molar-refractivity contribution in [3.8, 4) is 11.4 Å². The van der Waals surface area contributed by atoms with Crippen LogP contribution in [0.2, 0.25) is 5.02 Å². The van der Waals surface area contributed by atoms with E-state index in [4.69, 9.17) is 11.6 Å². The number of hydrogen-bond acceptors (Lipinski definition) is 4. The number of aromatic hydroxyl groups is 1. The first-order chi connectivity index (χ1) is 15.1. The summed E-state index contributed by atoms with van der Waals surface area (Å²) in [5.41, 5.74) is 2.35. The van der Waals surface area contributed by atoms with Crippen LogP contribution in [-0.4, -0.2) is 30.3 Å². The number of aryl methyl sites for hydroxylation is 1. The maximum atomic E-state index is 12.8. The molecule has 2 N–H and O–H groups in total. The molecule has 7 nitrogen and oxygen atoms in total. The van der Waals surface area contributed by atoms with Crippen LogP contribution >= 0.6 is 11.6 Å². The molecule has 2 heterocycles. The summed E-state index contributed by atoms with van der Waals surface area (Å²) >= 11 is 6.17. The van der Waals surface area contributed by atoms with Gasteiger partial charge in [-0.15, -0.1) is 0 Å². The van der Waals surface area contributed by atoms with Crippen LogP contribution in [0, 0.1) is 0 Å². The number of carbonyl (C=O) groups is 1. The number of halogens is 1. The van der Waals surface area contributed by atoms with E-state index in [1.165, 1.54) is 0 Å². The van der Waals surface area contributed by atoms with Crippen molar-refractivity contribution in [1.82, 2.24) is 24.6 Å². The Morgan fingerprint density at radius 2 is 1.97 bits per heavy atom. The number of rotatable bonds is 5. The van der Waals surface area contributed by atoms with E-state index >= 15 is 0 Å². The molecule has 0 aliphatic heterocycles. The van der Waals surface area contributed by atoms with Crippen LogP contribution in [0.25, 0.3) is 16.6 Å². The van der Waals surface area contributed by atoms with Gasteiger partial charge in [-0.05, 0) is 42.0 Å². The summed E-state index contributed by atoms with van der Waals surface area (Å²) in [6, 6.07) is 12.5. The Bertz CT molecular complexity index is 1300. The van der Waals surface area contributed by atoms with Crippen molar-refractivity contribution in [3.63, 3.8) is 0 Å². The number of amides is 1. The molecule has 0 saturated heterocycles. The summed E-state index contributed by atoms with van der Waals surface area (Å²) in [4.78, 5) is 17.5. The Labute approximate surface area is 191 Å². The first-order valence-electron chi connectivity index (χ1n) is 10.4. The predicted octanol–water partition coefficient (Wildman–Crippen LogP) is 4.27. The van der Waals surface area contributed by atoms with Crippen molar-refractivity contribution in [2.75, 3.05) is 0 Å². The van der Waals surface area contributed by atoms with Gasteiger partial charge in [-0.1, -0.05) is 38.4 Å². The van der Waals surface area contributed by atoms with Crippen molar-refractivity contribution >= 4 is 28.4 Å². The Balaban J connectivity index is 1.56. The van der Waals surface area contributed by atoms with Gasteiger partial charge < -0.3 is 15.0 Å². The molecule has 166 valence electrons. The van der Waals surface area contributed by atoms with Crippen molar-refractivity contribution in [2.45, 2.75) is 39.2 Å². The van der Waals surface area contributed by atoms with Gasteiger partial charge in [-0.3, -0.25) is 4.79 Å². The van der Waals surface area contributed by atoms with Crippen LogP contribution < -0.4 is 5.32 Å². The normalized spacial score (nSPS) is 11.8. The van der Waals surface area contributed by atoms with E-state index < -0.39 is 0 Å². The van der Waals surface area contributed by atoms with Crippen molar-refractivity contribution in [2.24, 2.45) is 7.05 Å². The number of hydrogen-bond donors (Lipinski definition) is 2. The molecule has 2 aromatic carbocycles. The van der Waals surface area contributed by atoms with E-state index in [-0.39, 0.29) is 30.0 Å². The number of fused-ring (bicyclic) bond motifs is 1. The molecule has 1 amide bonds. The molecule has 32 heavy (non-hydrogen) atoms. The number of carbonyl (C=O) groups excluding carboxylic acids is 1. The smallest absolute Gasteiger partial charge is 0.224 e. The zero-order valence-electron chi connectivity index (χ0n) is 18.6. The Morgan fingerprint density at radius 3 is 2.69 bits per heavy atom. The number of phenols is 1. The molecule has 0 radical (unpaired) electrons. The summed E-state index contributed by atoms with van der Waals surface area (Å²) in [5, 5.41) is 18.9. The summed E-state index contributed by atoms with van der Waals surface area (Å²) < 4.78 is 3.67. The number of nitrogens with zero attached hydrogens (tertiary/aromatic N) is 4. The van der Waals surface area contributed by atoms with Gasteiger partial charge in [-0.25, -0.2) is 9.67 Å². The molecule has 0 fully saturated rings.